The lowest BCUT2D eigenvalue weighted by molar-refractivity contribution is 0.0927. The van der Waals surface area contributed by atoms with E-state index in [9.17, 15) is 13.6 Å². The van der Waals surface area contributed by atoms with Gasteiger partial charge in [0.05, 0.1) is 6.61 Å². The van der Waals surface area contributed by atoms with Crippen LogP contribution in [-0.2, 0) is 0 Å². The van der Waals surface area contributed by atoms with Crippen LogP contribution in [0, 0.1) is 11.6 Å². The Kier molecular flexibility index (Phi) is 6.22. The van der Waals surface area contributed by atoms with Gasteiger partial charge in [0.25, 0.3) is 5.91 Å². The molecule has 1 aromatic rings. The van der Waals surface area contributed by atoms with Crippen molar-refractivity contribution in [3.63, 3.8) is 0 Å². The number of carbonyl (C=O) groups excluding carboxylic acids is 1. The Morgan fingerprint density at radius 2 is 2.00 bits per heavy atom. The van der Waals surface area contributed by atoms with Crippen molar-refractivity contribution < 1.29 is 18.7 Å². The molecule has 19 heavy (non-hydrogen) atoms. The SMILES string of the molecule is CSC(CO)C(C)NC(=O)c1c(F)cc(Br)cc1F. The van der Waals surface area contributed by atoms with Crippen LogP contribution in [-0.4, -0.2) is 35.2 Å². The van der Waals surface area contributed by atoms with Gasteiger partial charge >= 0.3 is 0 Å². The van der Waals surface area contributed by atoms with E-state index in [0.717, 1.165) is 12.1 Å². The maximum Gasteiger partial charge on any atom is 0.257 e. The van der Waals surface area contributed by atoms with E-state index < -0.39 is 29.1 Å². The summed E-state index contributed by atoms with van der Waals surface area (Å²) in [5.41, 5.74) is -0.618. The summed E-state index contributed by atoms with van der Waals surface area (Å²) in [7, 11) is 0. The maximum absolute atomic E-state index is 13.6. The van der Waals surface area contributed by atoms with Gasteiger partial charge in [-0.1, -0.05) is 15.9 Å². The second-order valence-corrected chi connectivity index (χ2v) is 5.96. The van der Waals surface area contributed by atoms with Gasteiger partial charge in [0, 0.05) is 15.8 Å². The smallest absolute Gasteiger partial charge is 0.257 e. The molecule has 3 nitrogen and oxygen atoms in total. The molecule has 0 saturated heterocycles. The zero-order valence-electron chi connectivity index (χ0n) is 10.4. The van der Waals surface area contributed by atoms with Crippen LogP contribution in [0.15, 0.2) is 16.6 Å². The largest absolute Gasteiger partial charge is 0.395 e. The van der Waals surface area contributed by atoms with E-state index in [2.05, 4.69) is 21.2 Å². The Labute approximate surface area is 122 Å². The summed E-state index contributed by atoms with van der Waals surface area (Å²) in [6, 6.07) is 1.65. The summed E-state index contributed by atoms with van der Waals surface area (Å²) in [6.07, 6.45) is 1.78. The number of aliphatic hydroxyl groups excluding tert-OH is 1. The number of nitrogens with one attached hydrogen (secondary N) is 1. The first-order valence-electron chi connectivity index (χ1n) is 5.49. The molecule has 2 N–H and O–H groups in total. The molecule has 7 heteroatoms. The van der Waals surface area contributed by atoms with Crippen molar-refractivity contribution >= 4 is 33.6 Å². The van der Waals surface area contributed by atoms with Crippen molar-refractivity contribution in [2.75, 3.05) is 12.9 Å². The highest BCUT2D eigenvalue weighted by Crippen LogP contribution is 2.20. The van der Waals surface area contributed by atoms with Gasteiger partial charge in [-0.15, -0.1) is 0 Å². The molecule has 0 saturated carbocycles. The van der Waals surface area contributed by atoms with E-state index >= 15 is 0 Å². The Balaban J connectivity index is 2.90. The summed E-state index contributed by atoms with van der Waals surface area (Å²) in [6.45, 7) is 1.54. The Morgan fingerprint density at radius 1 is 1.47 bits per heavy atom. The third kappa shape index (κ3) is 4.15. The van der Waals surface area contributed by atoms with Crippen LogP contribution in [0.5, 0.6) is 0 Å². The maximum atomic E-state index is 13.6. The third-order valence-corrected chi connectivity index (χ3v) is 4.25. The molecule has 1 aromatic carbocycles. The van der Waals surface area contributed by atoms with Crippen LogP contribution in [0.1, 0.15) is 17.3 Å². The van der Waals surface area contributed by atoms with Crippen LogP contribution in [0.2, 0.25) is 0 Å². The van der Waals surface area contributed by atoms with Crippen LogP contribution < -0.4 is 5.32 Å². The minimum Gasteiger partial charge on any atom is -0.395 e. The van der Waals surface area contributed by atoms with Gasteiger partial charge in [-0.3, -0.25) is 4.79 Å². The number of rotatable bonds is 5. The van der Waals surface area contributed by atoms with Crippen LogP contribution in [0.25, 0.3) is 0 Å². The van der Waals surface area contributed by atoms with Gasteiger partial charge in [0.1, 0.15) is 17.2 Å². The van der Waals surface area contributed by atoms with Gasteiger partial charge in [-0.2, -0.15) is 11.8 Å². The minimum atomic E-state index is -0.929. The van der Waals surface area contributed by atoms with E-state index in [-0.39, 0.29) is 16.3 Å². The minimum absolute atomic E-state index is 0.131. The lowest BCUT2D eigenvalue weighted by Crippen LogP contribution is -2.41. The van der Waals surface area contributed by atoms with E-state index in [1.807, 2.05) is 0 Å². The fourth-order valence-corrected chi connectivity index (χ4v) is 2.60. The van der Waals surface area contributed by atoms with Gasteiger partial charge in [-0.05, 0) is 25.3 Å². The predicted molar refractivity (Wildman–Crippen MR) is 75.4 cm³/mol. The molecular formula is C12H14BrF2NO2S. The molecule has 1 rings (SSSR count). The molecule has 0 fully saturated rings. The molecular weight excluding hydrogens is 340 g/mol. The zero-order valence-corrected chi connectivity index (χ0v) is 12.8. The second-order valence-electron chi connectivity index (χ2n) is 3.96. The van der Waals surface area contributed by atoms with Crippen molar-refractivity contribution in [3.8, 4) is 0 Å². The van der Waals surface area contributed by atoms with E-state index in [1.54, 1.807) is 13.2 Å². The first kappa shape index (κ1) is 16.4. The monoisotopic (exact) mass is 353 g/mol. The topological polar surface area (TPSA) is 49.3 Å². The molecule has 0 heterocycles. The normalized spacial score (nSPS) is 14.0. The lowest BCUT2D eigenvalue weighted by atomic mass is 10.1. The summed E-state index contributed by atoms with van der Waals surface area (Å²) in [5.74, 6) is -2.69. The number of benzene rings is 1. The molecule has 1 amide bonds. The highest BCUT2D eigenvalue weighted by Gasteiger charge is 2.23. The molecule has 0 aliphatic rings. The van der Waals surface area contributed by atoms with Crippen LogP contribution in [0.3, 0.4) is 0 Å². The quantitative estimate of drug-likeness (QED) is 0.855. The number of thioether (sulfide) groups is 1. The average Bonchev–Trinajstić information content (AvgIpc) is 2.28. The average molecular weight is 354 g/mol. The lowest BCUT2D eigenvalue weighted by Gasteiger charge is -2.21. The van der Waals surface area contributed by atoms with Gasteiger partial charge in [-0.25, -0.2) is 8.78 Å². The molecule has 0 aliphatic heterocycles. The Bertz CT molecular complexity index is 446. The van der Waals surface area contributed by atoms with Crippen LogP contribution >= 0.6 is 27.7 Å². The van der Waals surface area contributed by atoms with Crippen molar-refractivity contribution in [2.45, 2.75) is 18.2 Å². The summed E-state index contributed by atoms with van der Waals surface area (Å²) in [4.78, 5) is 11.8. The Morgan fingerprint density at radius 3 is 2.42 bits per heavy atom. The molecule has 0 radical (unpaired) electrons. The van der Waals surface area contributed by atoms with Gasteiger partial charge < -0.3 is 10.4 Å². The number of hydrogen-bond acceptors (Lipinski definition) is 3. The number of halogens is 3. The first-order valence-corrected chi connectivity index (χ1v) is 7.57. The summed E-state index contributed by atoms with van der Waals surface area (Å²) >= 11 is 4.31. The number of carbonyl (C=O) groups is 1. The molecule has 0 aromatic heterocycles. The van der Waals surface area contributed by atoms with Crippen molar-refractivity contribution in [2.24, 2.45) is 0 Å². The molecule has 0 spiro atoms. The van der Waals surface area contributed by atoms with Gasteiger partial charge in [0.2, 0.25) is 0 Å². The standard InChI is InChI=1S/C12H14BrF2NO2S/c1-6(10(5-17)19-2)16-12(18)11-8(14)3-7(13)4-9(11)15/h3-4,6,10,17H,5H2,1-2H3,(H,16,18). The van der Waals surface area contributed by atoms with E-state index in [4.69, 9.17) is 5.11 Å². The van der Waals surface area contributed by atoms with Crippen molar-refractivity contribution in [1.82, 2.24) is 5.32 Å². The predicted octanol–water partition coefficient (Wildman–Crippen LogP) is 2.57. The van der Waals surface area contributed by atoms with Crippen LogP contribution in [0.4, 0.5) is 8.78 Å². The van der Waals surface area contributed by atoms with E-state index in [0.29, 0.717) is 0 Å². The molecule has 2 unspecified atom stereocenters. The second kappa shape index (κ2) is 7.21. The number of hydrogen-bond donors (Lipinski definition) is 2. The Hall–Kier alpha value is -0.660. The fourth-order valence-electron chi connectivity index (χ4n) is 1.57. The third-order valence-electron chi connectivity index (χ3n) is 2.63. The fraction of sp³-hybridized carbons (Fsp3) is 0.417. The zero-order chi connectivity index (χ0) is 14.6. The molecule has 106 valence electrons. The molecule has 2 atom stereocenters. The number of amides is 1. The molecule has 0 aliphatic carbocycles. The number of aliphatic hydroxyl groups is 1. The highest BCUT2D eigenvalue weighted by atomic mass is 79.9. The van der Waals surface area contributed by atoms with E-state index in [1.165, 1.54) is 11.8 Å². The van der Waals surface area contributed by atoms with Gasteiger partial charge in [0.15, 0.2) is 0 Å². The molecule has 0 bridgehead atoms. The van der Waals surface area contributed by atoms with Crippen molar-refractivity contribution in [1.29, 1.82) is 0 Å². The summed E-state index contributed by atoms with van der Waals surface area (Å²) in [5, 5.41) is 11.4. The first-order chi connectivity index (χ1) is 8.90. The van der Waals surface area contributed by atoms with Crippen molar-refractivity contribution in [3.05, 3.63) is 33.8 Å². The highest BCUT2D eigenvalue weighted by molar-refractivity contribution is 9.10. The summed E-state index contributed by atoms with van der Waals surface area (Å²) < 4.78 is 27.4.